The Morgan fingerprint density at radius 2 is 1.79 bits per heavy atom. The molecule has 1 fully saturated rings. The summed E-state index contributed by atoms with van der Waals surface area (Å²) in [5.41, 5.74) is 2.24. The Kier molecular flexibility index (Phi) is 6.84. The van der Waals surface area contributed by atoms with Crippen LogP contribution in [0.4, 0.5) is 10.5 Å². The molecule has 1 unspecified atom stereocenters. The van der Waals surface area contributed by atoms with Gasteiger partial charge < -0.3 is 20.3 Å². The normalized spacial score (nSPS) is 15.6. The van der Waals surface area contributed by atoms with Crippen molar-refractivity contribution < 1.29 is 19.1 Å². The van der Waals surface area contributed by atoms with E-state index in [2.05, 4.69) is 27.5 Å². The lowest BCUT2D eigenvalue weighted by atomic mass is 10.0. The molecule has 0 bridgehead atoms. The number of amides is 3. The molecule has 0 saturated carbocycles. The molecule has 1 atom stereocenters. The number of carbonyl (C=O) groups excluding carboxylic acids is 3. The zero-order chi connectivity index (χ0) is 20.6. The van der Waals surface area contributed by atoms with Crippen LogP contribution in [-0.4, -0.2) is 49.0 Å². The van der Waals surface area contributed by atoms with Crippen LogP contribution in [0.1, 0.15) is 28.8 Å². The van der Waals surface area contributed by atoms with Gasteiger partial charge in [-0.15, -0.1) is 0 Å². The second kappa shape index (κ2) is 9.73. The van der Waals surface area contributed by atoms with Gasteiger partial charge in [-0.1, -0.05) is 30.3 Å². The molecule has 1 aliphatic rings. The number of hydrogen-bond acceptors (Lipinski definition) is 4. The van der Waals surface area contributed by atoms with E-state index in [1.165, 1.54) is 12.7 Å². The van der Waals surface area contributed by atoms with Crippen molar-refractivity contribution in [2.45, 2.75) is 25.3 Å². The van der Waals surface area contributed by atoms with Gasteiger partial charge in [-0.05, 0) is 49.1 Å². The number of rotatable bonds is 6. The molecule has 29 heavy (non-hydrogen) atoms. The lowest BCUT2D eigenvalue weighted by molar-refractivity contribution is -0.139. The third kappa shape index (κ3) is 5.57. The Morgan fingerprint density at radius 1 is 1.07 bits per heavy atom. The third-order valence-corrected chi connectivity index (χ3v) is 4.97. The second-order valence-electron chi connectivity index (χ2n) is 6.95. The van der Waals surface area contributed by atoms with Crippen molar-refractivity contribution in [3.05, 3.63) is 65.7 Å². The minimum Gasteiger partial charge on any atom is -0.468 e. The Bertz CT molecular complexity index is 852. The smallest absolute Gasteiger partial charge is 0.325 e. The Labute approximate surface area is 170 Å². The van der Waals surface area contributed by atoms with Crippen LogP contribution in [0.2, 0.25) is 0 Å². The average molecular weight is 395 g/mol. The first kappa shape index (κ1) is 20.4. The van der Waals surface area contributed by atoms with Crippen LogP contribution >= 0.6 is 0 Å². The van der Waals surface area contributed by atoms with Crippen LogP contribution in [0, 0.1) is 0 Å². The summed E-state index contributed by atoms with van der Waals surface area (Å²) in [5.74, 6) is -0.895. The van der Waals surface area contributed by atoms with Crippen molar-refractivity contribution in [2.24, 2.45) is 0 Å². The van der Waals surface area contributed by atoms with Gasteiger partial charge in [0.1, 0.15) is 6.54 Å². The summed E-state index contributed by atoms with van der Waals surface area (Å²) < 4.78 is 4.49. The number of carbonyl (C=O) groups is 3. The van der Waals surface area contributed by atoms with Crippen LogP contribution < -0.4 is 10.6 Å². The van der Waals surface area contributed by atoms with Crippen molar-refractivity contribution in [1.29, 1.82) is 0 Å². The van der Waals surface area contributed by atoms with Gasteiger partial charge in [-0.3, -0.25) is 9.59 Å². The summed E-state index contributed by atoms with van der Waals surface area (Å²) in [4.78, 5) is 37.7. The van der Waals surface area contributed by atoms with E-state index in [0.29, 0.717) is 11.3 Å². The molecule has 2 aromatic carbocycles. The quantitative estimate of drug-likeness (QED) is 0.737. The van der Waals surface area contributed by atoms with Crippen molar-refractivity contribution in [2.75, 3.05) is 25.5 Å². The maximum Gasteiger partial charge on any atom is 0.325 e. The van der Waals surface area contributed by atoms with Gasteiger partial charge >= 0.3 is 12.0 Å². The lowest BCUT2D eigenvalue weighted by Gasteiger charge is -2.25. The number of methoxy groups -OCH3 is 1. The number of likely N-dealkylation sites (tertiary alicyclic amines) is 1. The standard InChI is InChI=1S/C22H25N3O4/c1-29-20(26)15-23-21(27)17-9-11-18(12-10-17)24-22(28)25-13-5-8-19(25)14-16-6-3-2-4-7-16/h2-4,6-7,9-12,19H,5,8,13-15H2,1H3,(H,23,27)(H,24,28). The molecule has 0 aliphatic carbocycles. The van der Waals surface area contributed by atoms with Gasteiger partial charge in [0.2, 0.25) is 0 Å². The van der Waals surface area contributed by atoms with E-state index in [0.717, 1.165) is 25.8 Å². The third-order valence-electron chi connectivity index (χ3n) is 4.97. The molecule has 0 aromatic heterocycles. The second-order valence-corrected chi connectivity index (χ2v) is 6.95. The summed E-state index contributed by atoms with van der Waals surface area (Å²) in [6, 6.07) is 16.8. The van der Waals surface area contributed by atoms with Crippen LogP contribution in [0.25, 0.3) is 0 Å². The van der Waals surface area contributed by atoms with Gasteiger partial charge in [-0.2, -0.15) is 0 Å². The van der Waals surface area contributed by atoms with Crippen LogP contribution in [0.3, 0.4) is 0 Å². The predicted molar refractivity (Wildman–Crippen MR) is 110 cm³/mol. The molecule has 7 heteroatoms. The first-order chi connectivity index (χ1) is 14.1. The molecule has 2 N–H and O–H groups in total. The van der Waals surface area contributed by atoms with Gasteiger partial charge in [0, 0.05) is 23.8 Å². The lowest BCUT2D eigenvalue weighted by Crippen LogP contribution is -2.39. The number of nitrogens with zero attached hydrogens (tertiary/aromatic N) is 1. The average Bonchev–Trinajstić information content (AvgIpc) is 3.21. The summed E-state index contributed by atoms with van der Waals surface area (Å²) in [5, 5.41) is 5.38. The Hall–Kier alpha value is -3.35. The number of ether oxygens (including phenoxy) is 1. The van der Waals surface area contributed by atoms with E-state index in [-0.39, 0.29) is 24.5 Å². The molecular weight excluding hydrogens is 370 g/mol. The number of anilines is 1. The van der Waals surface area contributed by atoms with Gasteiger partial charge in [0.05, 0.1) is 7.11 Å². The maximum atomic E-state index is 12.7. The number of esters is 1. The fourth-order valence-electron chi connectivity index (χ4n) is 3.43. The SMILES string of the molecule is COC(=O)CNC(=O)c1ccc(NC(=O)N2CCCC2Cc2ccccc2)cc1. The Morgan fingerprint density at radius 3 is 2.48 bits per heavy atom. The van der Waals surface area contributed by atoms with Crippen molar-refractivity contribution in [3.63, 3.8) is 0 Å². The van der Waals surface area contributed by atoms with Gasteiger partial charge in [0.15, 0.2) is 0 Å². The highest BCUT2D eigenvalue weighted by Crippen LogP contribution is 2.22. The number of nitrogens with one attached hydrogen (secondary N) is 2. The zero-order valence-electron chi connectivity index (χ0n) is 16.4. The highest BCUT2D eigenvalue weighted by Gasteiger charge is 2.28. The molecule has 152 valence electrons. The van der Waals surface area contributed by atoms with E-state index in [1.54, 1.807) is 24.3 Å². The van der Waals surface area contributed by atoms with E-state index < -0.39 is 5.97 Å². The summed E-state index contributed by atoms with van der Waals surface area (Å²) in [6.45, 7) is 0.545. The molecule has 3 rings (SSSR count). The zero-order valence-corrected chi connectivity index (χ0v) is 16.4. The minimum atomic E-state index is -0.516. The van der Waals surface area contributed by atoms with Crippen LogP contribution in [0.5, 0.6) is 0 Å². The Balaban J connectivity index is 1.56. The fraction of sp³-hybridized carbons (Fsp3) is 0.318. The van der Waals surface area contributed by atoms with Crippen molar-refractivity contribution in [1.82, 2.24) is 10.2 Å². The van der Waals surface area contributed by atoms with E-state index in [4.69, 9.17) is 0 Å². The topological polar surface area (TPSA) is 87.7 Å². The molecule has 1 aliphatic heterocycles. The maximum absolute atomic E-state index is 12.7. The number of hydrogen-bond donors (Lipinski definition) is 2. The number of urea groups is 1. The van der Waals surface area contributed by atoms with Crippen LogP contribution in [0.15, 0.2) is 54.6 Å². The molecule has 2 aromatic rings. The highest BCUT2D eigenvalue weighted by molar-refractivity contribution is 5.97. The van der Waals surface area contributed by atoms with Crippen molar-refractivity contribution in [3.8, 4) is 0 Å². The van der Waals surface area contributed by atoms with E-state index in [9.17, 15) is 14.4 Å². The monoisotopic (exact) mass is 395 g/mol. The molecular formula is C22H25N3O4. The molecule has 0 radical (unpaired) electrons. The molecule has 3 amide bonds. The first-order valence-corrected chi connectivity index (χ1v) is 9.63. The summed E-state index contributed by atoms with van der Waals surface area (Å²) in [6.07, 6.45) is 2.82. The van der Waals surface area contributed by atoms with E-state index >= 15 is 0 Å². The largest absolute Gasteiger partial charge is 0.468 e. The van der Waals surface area contributed by atoms with Crippen molar-refractivity contribution >= 4 is 23.6 Å². The van der Waals surface area contributed by atoms with Gasteiger partial charge in [-0.25, -0.2) is 4.79 Å². The molecule has 7 nitrogen and oxygen atoms in total. The fourth-order valence-corrected chi connectivity index (χ4v) is 3.43. The molecule has 1 saturated heterocycles. The van der Waals surface area contributed by atoms with E-state index in [1.807, 2.05) is 23.1 Å². The molecule has 1 heterocycles. The molecule has 0 spiro atoms. The highest BCUT2D eigenvalue weighted by atomic mass is 16.5. The summed E-state index contributed by atoms with van der Waals surface area (Å²) in [7, 11) is 1.26. The predicted octanol–water partition coefficient (Wildman–Crippen LogP) is 2.83. The summed E-state index contributed by atoms with van der Waals surface area (Å²) >= 11 is 0. The van der Waals surface area contributed by atoms with Crippen LogP contribution in [-0.2, 0) is 16.0 Å². The minimum absolute atomic E-state index is 0.133. The first-order valence-electron chi connectivity index (χ1n) is 9.63. The number of benzene rings is 2. The van der Waals surface area contributed by atoms with Gasteiger partial charge in [0.25, 0.3) is 5.91 Å².